The number of ether oxygens (including phenoxy) is 1. The summed E-state index contributed by atoms with van der Waals surface area (Å²) in [5.74, 6) is -0.559. The smallest absolute Gasteiger partial charge is 0.176 e. The fourth-order valence-electron chi connectivity index (χ4n) is 2.40. The molecule has 1 aliphatic rings. The van der Waals surface area contributed by atoms with Crippen molar-refractivity contribution in [3.05, 3.63) is 23.8 Å². The van der Waals surface area contributed by atoms with Crippen LogP contribution in [0.25, 0.3) is 0 Å². The van der Waals surface area contributed by atoms with Gasteiger partial charge in [-0.2, -0.15) is 0 Å². The molecule has 0 amide bonds. The van der Waals surface area contributed by atoms with Gasteiger partial charge in [-0.15, -0.1) is 0 Å². The predicted octanol–water partition coefficient (Wildman–Crippen LogP) is 1.39. The molecule has 0 saturated carbocycles. The Hall–Kier alpha value is -1.59. The number of nitrogens with zero attached hydrogens (tertiary/aromatic N) is 1. The van der Waals surface area contributed by atoms with Gasteiger partial charge in [0.1, 0.15) is 0 Å². The molecule has 1 aromatic carbocycles. The van der Waals surface area contributed by atoms with Crippen LogP contribution in [0.3, 0.4) is 0 Å². The van der Waals surface area contributed by atoms with Gasteiger partial charge in [-0.05, 0) is 32.0 Å². The molecule has 0 bridgehead atoms. The Morgan fingerprint density at radius 1 is 1.26 bits per heavy atom. The highest BCUT2D eigenvalue weighted by Crippen LogP contribution is 2.25. The maximum Gasteiger partial charge on any atom is 0.176 e. The zero-order valence-electron chi connectivity index (χ0n) is 11.2. The van der Waals surface area contributed by atoms with Crippen LogP contribution < -0.4 is 0 Å². The zero-order chi connectivity index (χ0) is 14.0. The highest BCUT2D eigenvalue weighted by molar-refractivity contribution is 5.98. The highest BCUT2D eigenvalue weighted by Gasteiger charge is 2.24. The summed E-state index contributed by atoms with van der Waals surface area (Å²) in [4.78, 5) is 14.2. The second-order valence-electron chi connectivity index (χ2n) is 5.08. The van der Waals surface area contributed by atoms with Crippen LogP contribution >= 0.6 is 0 Å². The van der Waals surface area contributed by atoms with Crippen molar-refractivity contribution in [2.45, 2.75) is 26.1 Å². The number of aromatic hydroxyl groups is 2. The molecule has 0 aromatic heterocycles. The summed E-state index contributed by atoms with van der Waals surface area (Å²) in [7, 11) is 0. The Kier molecular flexibility index (Phi) is 4.07. The van der Waals surface area contributed by atoms with E-state index in [1.165, 1.54) is 18.2 Å². The van der Waals surface area contributed by atoms with Gasteiger partial charge in [0.25, 0.3) is 0 Å². The summed E-state index contributed by atoms with van der Waals surface area (Å²) in [6, 6.07) is 4.14. The molecule has 2 unspecified atom stereocenters. The zero-order valence-corrected chi connectivity index (χ0v) is 11.2. The Morgan fingerprint density at radius 3 is 2.47 bits per heavy atom. The van der Waals surface area contributed by atoms with Crippen molar-refractivity contribution in [2.24, 2.45) is 0 Å². The van der Waals surface area contributed by atoms with Crippen LogP contribution in [0.1, 0.15) is 24.2 Å². The number of phenols is 2. The largest absolute Gasteiger partial charge is 0.504 e. The van der Waals surface area contributed by atoms with Crippen molar-refractivity contribution >= 4 is 5.78 Å². The van der Waals surface area contributed by atoms with E-state index in [4.69, 9.17) is 4.74 Å². The third-order valence-corrected chi connectivity index (χ3v) is 3.16. The average Bonchev–Trinajstić information content (AvgIpc) is 2.31. The first-order chi connectivity index (χ1) is 8.95. The summed E-state index contributed by atoms with van der Waals surface area (Å²) in [6.07, 6.45) is 0.231. The van der Waals surface area contributed by atoms with Crippen molar-refractivity contribution in [2.75, 3.05) is 19.6 Å². The number of hydrogen-bond donors (Lipinski definition) is 2. The fourth-order valence-corrected chi connectivity index (χ4v) is 2.40. The van der Waals surface area contributed by atoms with Crippen molar-refractivity contribution in [3.8, 4) is 11.5 Å². The number of carbonyl (C=O) groups excluding carboxylic acids is 1. The number of hydrogen-bond acceptors (Lipinski definition) is 5. The van der Waals surface area contributed by atoms with Gasteiger partial charge < -0.3 is 14.9 Å². The summed E-state index contributed by atoms with van der Waals surface area (Å²) in [5, 5.41) is 18.6. The fraction of sp³-hybridized carbons (Fsp3) is 0.500. The minimum absolute atomic E-state index is 0.0726. The molecule has 0 radical (unpaired) electrons. The predicted molar refractivity (Wildman–Crippen MR) is 70.6 cm³/mol. The number of benzene rings is 1. The quantitative estimate of drug-likeness (QED) is 0.638. The molecule has 1 heterocycles. The molecule has 1 aromatic rings. The van der Waals surface area contributed by atoms with Crippen LogP contribution in [-0.4, -0.2) is 52.7 Å². The molecular formula is C14H19NO4. The van der Waals surface area contributed by atoms with Crippen LogP contribution in [-0.2, 0) is 4.74 Å². The standard InChI is InChI=1S/C14H19NO4/c1-9-6-15(7-10(2)19-9)8-14(18)11-3-4-12(16)13(17)5-11/h3-5,9-10,16-17H,6-8H2,1-2H3. The lowest BCUT2D eigenvalue weighted by Crippen LogP contribution is -2.47. The highest BCUT2D eigenvalue weighted by atomic mass is 16.5. The lowest BCUT2D eigenvalue weighted by atomic mass is 10.1. The number of rotatable bonds is 3. The Balaban J connectivity index is 2.02. The Labute approximate surface area is 112 Å². The number of ketones is 1. The van der Waals surface area contributed by atoms with Gasteiger partial charge in [-0.3, -0.25) is 9.69 Å². The van der Waals surface area contributed by atoms with Crippen LogP contribution in [0.2, 0.25) is 0 Å². The normalized spacial score (nSPS) is 24.3. The average molecular weight is 265 g/mol. The molecule has 1 saturated heterocycles. The molecule has 2 N–H and O–H groups in total. The molecular weight excluding hydrogens is 246 g/mol. The molecule has 5 nitrogen and oxygen atoms in total. The Bertz CT molecular complexity index is 465. The molecule has 2 rings (SSSR count). The second-order valence-corrected chi connectivity index (χ2v) is 5.08. The van der Waals surface area contributed by atoms with E-state index in [9.17, 15) is 15.0 Å². The van der Waals surface area contributed by atoms with E-state index in [1.54, 1.807) is 0 Å². The lowest BCUT2D eigenvalue weighted by molar-refractivity contribution is -0.0652. The van der Waals surface area contributed by atoms with Crippen LogP contribution in [0.15, 0.2) is 18.2 Å². The van der Waals surface area contributed by atoms with E-state index >= 15 is 0 Å². The second kappa shape index (κ2) is 5.59. The first kappa shape index (κ1) is 13.8. The first-order valence-corrected chi connectivity index (χ1v) is 6.38. The summed E-state index contributed by atoms with van der Waals surface area (Å²) in [5.41, 5.74) is 0.405. The molecule has 1 fully saturated rings. The number of carbonyl (C=O) groups is 1. The van der Waals surface area contributed by atoms with E-state index in [2.05, 4.69) is 0 Å². The molecule has 5 heteroatoms. The Morgan fingerprint density at radius 2 is 1.89 bits per heavy atom. The summed E-state index contributed by atoms with van der Waals surface area (Å²) < 4.78 is 5.61. The summed E-state index contributed by atoms with van der Waals surface area (Å²) >= 11 is 0. The van der Waals surface area contributed by atoms with Crippen LogP contribution in [0.5, 0.6) is 11.5 Å². The molecule has 19 heavy (non-hydrogen) atoms. The van der Waals surface area contributed by atoms with Gasteiger partial charge in [0.15, 0.2) is 17.3 Å². The van der Waals surface area contributed by atoms with Crippen molar-refractivity contribution in [3.63, 3.8) is 0 Å². The van der Waals surface area contributed by atoms with E-state index in [0.29, 0.717) is 12.1 Å². The third kappa shape index (κ3) is 3.45. The van der Waals surface area contributed by atoms with Gasteiger partial charge in [-0.1, -0.05) is 0 Å². The van der Waals surface area contributed by atoms with E-state index < -0.39 is 0 Å². The van der Waals surface area contributed by atoms with Crippen LogP contribution in [0, 0.1) is 0 Å². The van der Waals surface area contributed by atoms with Gasteiger partial charge in [0, 0.05) is 18.7 Å². The minimum atomic E-state index is -0.269. The number of phenolic OH excluding ortho intramolecular Hbond substituents is 2. The van der Waals surface area contributed by atoms with Crippen molar-refractivity contribution in [1.82, 2.24) is 4.90 Å². The van der Waals surface area contributed by atoms with E-state index in [1.807, 2.05) is 18.7 Å². The number of Topliss-reactive ketones (excluding diaryl/α,β-unsaturated/α-hetero) is 1. The molecule has 0 spiro atoms. The topological polar surface area (TPSA) is 70.0 Å². The minimum Gasteiger partial charge on any atom is -0.504 e. The van der Waals surface area contributed by atoms with Gasteiger partial charge in [0.05, 0.1) is 18.8 Å². The van der Waals surface area contributed by atoms with Crippen molar-refractivity contribution in [1.29, 1.82) is 0 Å². The molecule has 1 aliphatic heterocycles. The monoisotopic (exact) mass is 265 g/mol. The van der Waals surface area contributed by atoms with Gasteiger partial charge in [0.2, 0.25) is 0 Å². The van der Waals surface area contributed by atoms with E-state index in [0.717, 1.165) is 13.1 Å². The van der Waals surface area contributed by atoms with Crippen LogP contribution in [0.4, 0.5) is 0 Å². The van der Waals surface area contributed by atoms with Gasteiger partial charge >= 0.3 is 0 Å². The van der Waals surface area contributed by atoms with Gasteiger partial charge in [-0.25, -0.2) is 0 Å². The van der Waals surface area contributed by atoms with Crippen molar-refractivity contribution < 1.29 is 19.7 Å². The maximum absolute atomic E-state index is 12.1. The SMILES string of the molecule is CC1CN(CC(=O)c2ccc(O)c(O)c2)CC(C)O1. The maximum atomic E-state index is 12.1. The molecule has 2 atom stereocenters. The lowest BCUT2D eigenvalue weighted by Gasteiger charge is -2.34. The third-order valence-electron chi connectivity index (χ3n) is 3.16. The molecule has 104 valence electrons. The van der Waals surface area contributed by atoms with E-state index in [-0.39, 0.29) is 29.5 Å². The first-order valence-electron chi connectivity index (χ1n) is 6.38. The molecule has 0 aliphatic carbocycles. The number of morpholine rings is 1. The summed E-state index contributed by atoms with van der Waals surface area (Å²) in [6.45, 7) is 5.71.